The zero-order valence-electron chi connectivity index (χ0n) is 10.8. The average Bonchev–Trinajstić information content (AvgIpc) is 2.16. The number of unbranched alkanes of at least 4 members (excludes halogenated alkanes) is 2. The summed E-state index contributed by atoms with van der Waals surface area (Å²) in [5.74, 6) is 1.71. The highest BCUT2D eigenvalue weighted by molar-refractivity contribution is 4.99. The Balaban J connectivity index is 3.79. The van der Waals surface area contributed by atoms with E-state index in [4.69, 9.17) is 0 Å². The smallest absolute Gasteiger partial charge is 0.0295 e. The molecule has 0 heterocycles. The summed E-state index contributed by atoms with van der Waals surface area (Å²) in [5.41, 5.74) is 1.59. The highest BCUT2D eigenvalue weighted by atomic mass is 14.2. The van der Waals surface area contributed by atoms with Crippen molar-refractivity contribution in [2.75, 3.05) is 0 Å². The lowest BCUT2D eigenvalue weighted by molar-refractivity contribution is 0.374. The third kappa shape index (κ3) is 6.23. The van der Waals surface area contributed by atoms with Crippen molar-refractivity contribution < 1.29 is 0 Å². The van der Waals surface area contributed by atoms with Crippen molar-refractivity contribution in [1.29, 1.82) is 0 Å². The molecular weight excluding hydrogens is 168 g/mol. The third-order valence-electron chi connectivity index (χ3n) is 3.31. The molecule has 14 heavy (non-hydrogen) atoms. The van der Waals surface area contributed by atoms with Crippen LogP contribution >= 0.6 is 0 Å². The second kappa shape index (κ2) is 8.08. The summed E-state index contributed by atoms with van der Waals surface area (Å²) in [5, 5.41) is 0. The Morgan fingerprint density at radius 1 is 1.14 bits per heavy atom. The fourth-order valence-electron chi connectivity index (χ4n) is 1.75. The fraction of sp³-hybridized carbons (Fsp3) is 0.857. The molecule has 84 valence electrons. The van der Waals surface area contributed by atoms with Crippen LogP contribution in [0.2, 0.25) is 0 Å². The van der Waals surface area contributed by atoms with E-state index in [9.17, 15) is 0 Å². The first-order valence-electron chi connectivity index (χ1n) is 6.27. The van der Waals surface area contributed by atoms with E-state index < -0.39 is 0 Å². The predicted molar refractivity (Wildman–Crippen MR) is 66.5 cm³/mol. The first kappa shape index (κ1) is 13.7. The molecule has 0 heteroatoms. The van der Waals surface area contributed by atoms with Crippen LogP contribution in [-0.2, 0) is 0 Å². The van der Waals surface area contributed by atoms with Crippen molar-refractivity contribution in [2.24, 2.45) is 11.8 Å². The molecule has 2 unspecified atom stereocenters. The first-order valence-corrected chi connectivity index (χ1v) is 6.27. The summed E-state index contributed by atoms with van der Waals surface area (Å²) in [7, 11) is 0. The molecule has 0 rings (SSSR count). The zero-order valence-corrected chi connectivity index (χ0v) is 10.8. The van der Waals surface area contributed by atoms with E-state index in [0.717, 1.165) is 11.8 Å². The summed E-state index contributed by atoms with van der Waals surface area (Å²) < 4.78 is 0. The molecule has 2 atom stereocenters. The molecule has 0 saturated carbocycles. The molecule has 0 aromatic heterocycles. The van der Waals surface area contributed by atoms with Gasteiger partial charge in [0.15, 0.2) is 0 Å². The Labute approximate surface area is 90.8 Å². The van der Waals surface area contributed by atoms with E-state index >= 15 is 0 Å². The molecule has 0 bridgehead atoms. The fourth-order valence-corrected chi connectivity index (χ4v) is 1.75. The number of hydrogen-bond donors (Lipinski definition) is 0. The van der Waals surface area contributed by atoms with Gasteiger partial charge in [0, 0.05) is 0 Å². The van der Waals surface area contributed by atoms with Crippen LogP contribution in [0.4, 0.5) is 0 Å². The monoisotopic (exact) mass is 196 g/mol. The topological polar surface area (TPSA) is 0 Å². The van der Waals surface area contributed by atoms with Crippen LogP contribution in [0.3, 0.4) is 0 Å². The van der Waals surface area contributed by atoms with E-state index in [1.165, 1.54) is 32.1 Å². The van der Waals surface area contributed by atoms with Crippen LogP contribution in [0.25, 0.3) is 0 Å². The van der Waals surface area contributed by atoms with Gasteiger partial charge < -0.3 is 0 Å². The molecule has 0 amide bonds. The van der Waals surface area contributed by atoms with E-state index in [2.05, 4.69) is 40.7 Å². The quantitative estimate of drug-likeness (QED) is 0.388. The largest absolute Gasteiger partial charge is 0.0856 e. The molecule has 0 spiro atoms. The van der Waals surface area contributed by atoms with Gasteiger partial charge in [-0.05, 0) is 31.6 Å². The number of allylic oxidation sites excluding steroid dienone is 2. The highest BCUT2D eigenvalue weighted by Crippen LogP contribution is 2.22. The maximum absolute atomic E-state index is 2.43. The molecule has 0 N–H and O–H groups in total. The van der Waals surface area contributed by atoms with Gasteiger partial charge in [0.2, 0.25) is 0 Å². The maximum atomic E-state index is 2.43. The van der Waals surface area contributed by atoms with Gasteiger partial charge >= 0.3 is 0 Å². The molecular formula is C14H28. The zero-order chi connectivity index (χ0) is 11.0. The minimum absolute atomic E-state index is 0.845. The van der Waals surface area contributed by atoms with Crippen molar-refractivity contribution >= 4 is 0 Å². The maximum Gasteiger partial charge on any atom is -0.0295 e. The van der Waals surface area contributed by atoms with Crippen LogP contribution in [0.5, 0.6) is 0 Å². The Hall–Kier alpha value is -0.260. The summed E-state index contributed by atoms with van der Waals surface area (Å²) in [6, 6.07) is 0. The van der Waals surface area contributed by atoms with Crippen molar-refractivity contribution in [2.45, 2.75) is 66.7 Å². The van der Waals surface area contributed by atoms with Crippen LogP contribution in [0.15, 0.2) is 11.6 Å². The minimum atomic E-state index is 0.845. The Morgan fingerprint density at radius 3 is 2.29 bits per heavy atom. The molecule has 0 saturated heterocycles. The molecule has 0 radical (unpaired) electrons. The molecule has 0 aromatic carbocycles. The molecule has 0 nitrogen and oxygen atoms in total. The normalized spacial score (nSPS) is 16.8. The van der Waals surface area contributed by atoms with Crippen molar-refractivity contribution in [3.05, 3.63) is 11.6 Å². The molecule has 0 aliphatic heterocycles. The van der Waals surface area contributed by atoms with Gasteiger partial charge in [0.25, 0.3) is 0 Å². The third-order valence-corrected chi connectivity index (χ3v) is 3.31. The summed E-state index contributed by atoms with van der Waals surface area (Å²) in [6.45, 7) is 11.6. The summed E-state index contributed by atoms with van der Waals surface area (Å²) >= 11 is 0. The van der Waals surface area contributed by atoms with Crippen LogP contribution in [-0.4, -0.2) is 0 Å². The molecule has 0 aliphatic carbocycles. The van der Waals surface area contributed by atoms with E-state index in [1.807, 2.05) is 0 Å². The SMILES string of the molecule is CCCCC=C(C)CC(C)C(C)CC. The Kier molecular flexibility index (Phi) is 7.93. The highest BCUT2D eigenvalue weighted by Gasteiger charge is 2.09. The predicted octanol–water partition coefficient (Wildman–Crippen LogP) is 5.20. The second-order valence-corrected chi connectivity index (χ2v) is 4.76. The van der Waals surface area contributed by atoms with E-state index in [1.54, 1.807) is 5.57 Å². The molecule has 0 aromatic rings. The van der Waals surface area contributed by atoms with Gasteiger partial charge in [-0.15, -0.1) is 0 Å². The van der Waals surface area contributed by atoms with Gasteiger partial charge in [-0.1, -0.05) is 58.6 Å². The van der Waals surface area contributed by atoms with Crippen LogP contribution < -0.4 is 0 Å². The average molecular weight is 196 g/mol. The van der Waals surface area contributed by atoms with Crippen LogP contribution in [0.1, 0.15) is 66.7 Å². The van der Waals surface area contributed by atoms with E-state index in [-0.39, 0.29) is 0 Å². The standard InChI is InChI=1S/C14H28/c1-6-8-9-10-12(3)11-14(5)13(4)7-2/h10,13-14H,6-9,11H2,1-5H3. The van der Waals surface area contributed by atoms with Crippen molar-refractivity contribution in [1.82, 2.24) is 0 Å². The first-order chi connectivity index (χ1) is 6.61. The van der Waals surface area contributed by atoms with Gasteiger partial charge in [-0.3, -0.25) is 0 Å². The second-order valence-electron chi connectivity index (χ2n) is 4.76. The van der Waals surface area contributed by atoms with Crippen molar-refractivity contribution in [3.63, 3.8) is 0 Å². The summed E-state index contributed by atoms with van der Waals surface area (Å²) in [4.78, 5) is 0. The van der Waals surface area contributed by atoms with Crippen LogP contribution in [0, 0.1) is 11.8 Å². The number of rotatable bonds is 7. The Bertz CT molecular complexity index is 155. The van der Waals surface area contributed by atoms with Gasteiger partial charge in [-0.25, -0.2) is 0 Å². The van der Waals surface area contributed by atoms with Crippen molar-refractivity contribution in [3.8, 4) is 0 Å². The molecule has 0 fully saturated rings. The van der Waals surface area contributed by atoms with Gasteiger partial charge in [-0.2, -0.15) is 0 Å². The lowest BCUT2D eigenvalue weighted by Crippen LogP contribution is -2.06. The van der Waals surface area contributed by atoms with Gasteiger partial charge in [0.05, 0.1) is 0 Å². The van der Waals surface area contributed by atoms with Gasteiger partial charge in [0.1, 0.15) is 0 Å². The summed E-state index contributed by atoms with van der Waals surface area (Å²) in [6.07, 6.45) is 8.96. The molecule has 0 aliphatic rings. The number of hydrogen-bond acceptors (Lipinski definition) is 0. The minimum Gasteiger partial charge on any atom is -0.0856 e. The van der Waals surface area contributed by atoms with E-state index in [0.29, 0.717) is 0 Å². The lowest BCUT2D eigenvalue weighted by Gasteiger charge is -2.18. The Morgan fingerprint density at radius 2 is 1.79 bits per heavy atom. The lowest BCUT2D eigenvalue weighted by atomic mass is 9.88.